The van der Waals surface area contributed by atoms with Crippen molar-refractivity contribution in [2.75, 3.05) is 0 Å². The van der Waals surface area contributed by atoms with Crippen LogP contribution >= 0.6 is 0 Å². The van der Waals surface area contributed by atoms with Crippen molar-refractivity contribution in [1.82, 2.24) is 0 Å². The Hall–Kier alpha value is -4.30. The second kappa shape index (κ2) is 13.4. The smallest absolute Gasteiger partial charge is 0.145 e. The number of benzene rings is 8. The Morgan fingerprint density at radius 2 is 0.655 bits per heavy atom. The SMILES string of the molecule is Bc1c(-c2c3c(B)c(B)c(B)c(B)c3c(-c3cccc4ccccc34)c3c(B)c(B)c(B)c(B)c23)c(B)c2c(oc3c(B)c4c(B)c(B)c(B)c(B)c4c(B)c32)c1B. The van der Waals surface area contributed by atoms with E-state index in [1.165, 1.54) is 169 Å². The molecule has 18 heteroatoms. The van der Waals surface area contributed by atoms with E-state index in [9.17, 15) is 0 Å². The van der Waals surface area contributed by atoms with E-state index in [2.05, 4.69) is 176 Å². The molecule has 9 rings (SSSR count). The predicted molar refractivity (Wildman–Crippen MR) is 314 cm³/mol. The lowest BCUT2D eigenvalue weighted by atomic mass is 9.58. The van der Waals surface area contributed by atoms with Crippen LogP contribution in [0.1, 0.15) is 0 Å². The molecule has 0 fully saturated rings. The Labute approximate surface area is 358 Å². The number of hydrogen-bond acceptors (Lipinski definition) is 1. The van der Waals surface area contributed by atoms with Gasteiger partial charge in [0.15, 0.2) is 0 Å². The summed E-state index contributed by atoms with van der Waals surface area (Å²) in [6.45, 7) is 0. The first-order valence-electron chi connectivity index (χ1n) is 21.2. The second-order valence-electron chi connectivity index (χ2n) is 18.0. The van der Waals surface area contributed by atoms with E-state index in [-0.39, 0.29) is 0 Å². The molecule has 0 aliphatic rings. The molecule has 0 N–H and O–H groups in total. The van der Waals surface area contributed by atoms with Gasteiger partial charge in [-0.1, -0.05) is 97.1 Å². The summed E-state index contributed by atoms with van der Waals surface area (Å²) < 4.78 is 7.17. The summed E-state index contributed by atoms with van der Waals surface area (Å²) in [4.78, 5) is 0. The van der Waals surface area contributed by atoms with Crippen LogP contribution < -0.4 is 92.9 Å². The first kappa shape index (κ1) is 39.2. The van der Waals surface area contributed by atoms with Crippen LogP contribution in [-0.2, 0) is 0 Å². The van der Waals surface area contributed by atoms with Gasteiger partial charge in [-0.05, 0) is 70.8 Å². The van der Waals surface area contributed by atoms with Crippen LogP contribution in [0.3, 0.4) is 0 Å². The lowest BCUT2D eigenvalue weighted by Gasteiger charge is -2.30. The van der Waals surface area contributed by atoms with Crippen molar-refractivity contribution in [1.29, 1.82) is 0 Å². The number of furan rings is 1. The molecule has 0 saturated carbocycles. The average molecular weight is 722 g/mol. The molecule has 1 nitrogen and oxygen atoms in total. The van der Waals surface area contributed by atoms with Crippen LogP contribution in [0.2, 0.25) is 0 Å². The van der Waals surface area contributed by atoms with Gasteiger partial charge in [-0.3, -0.25) is 0 Å². The first-order chi connectivity index (χ1) is 27.4. The second-order valence-corrected chi connectivity index (χ2v) is 18.0. The molecule has 0 radical (unpaired) electrons. The monoisotopic (exact) mass is 724 g/mol. The van der Waals surface area contributed by atoms with Crippen LogP contribution in [0.15, 0.2) is 46.9 Å². The molecule has 58 heavy (non-hydrogen) atoms. The highest BCUT2D eigenvalue weighted by Crippen LogP contribution is 2.42. The summed E-state index contributed by atoms with van der Waals surface area (Å²) in [5.41, 5.74) is 30.4. The summed E-state index contributed by atoms with van der Waals surface area (Å²) >= 11 is 0. The highest BCUT2D eigenvalue weighted by atomic mass is 16.3. The normalized spacial score (nSPS) is 11.9. The zero-order chi connectivity index (χ0) is 41.7. The van der Waals surface area contributed by atoms with Crippen LogP contribution in [0.5, 0.6) is 0 Å². The van der Waals surface area contributed by atoms with Crippen molar-refractivity contribution in [3.63, 3.8) is 0 Å². The lowest BCUT2D eigenvalue weighted by Crippen LogP contribution is -2.50. The van der Waals surface area contributed by atoms with Crippen molar-refractivity contribution in [2.45, 2.75) is 0 Å². The molecule has 8 aromatic carbocycles. The maximum atomic E-state index is 7.17. The maximum Gasteiger partial charge on any atom is 0.145 e. The van der Waals surface area contributed by atoms with Crippen molar-refractivity contribution < 1.29 is 4.42 Å². The number of rotatable bonds is 2. The molecule has 0 aliphatic carbocycles. The van der Waals surface area contributed by atoms with Gasteiger partial charge in [0.1, 0.15) is 145 Å². The van der Waals surface area contributed by atoms with Gasteiger partial charge >= 0.3 is 0 Å². The van der Waals surface area contributed by atoms with E-state index in [4.69, 9.17) is 4.42 Å². The average Bonchev–Trinajstić information content (AvgIpc) is 3.63. The van der Waals surface area contributed by atoms with Crippen LogP contribution in [0, 0.1) is 0 Å². The van der Waals surface area contributed by atoms with Gasteiger partial charge in [0.25, 0.3) is 0 Å². The molecule has 9 aromatic rings. The summed E-state index contributed by atoms with van der Waals surface area (Å²) in [5, 5.41) is 13.4. The van der Waals surface area contributed by atoms with E-state index < -0.39 is 0 Å². The zero-order valence-corrected chi connectivity index (χ0v) is 37.9. The van der Waals surface area contributed by atoms with Gasteiger partial charge in [-0.2, -0.15) is 0 Å². The molecule has 1 heterocycles. The van der Waals surface area contributed by atoms with E-state index in [1.54, 1.807) is 0 Å². The third-order valence-electron chi connectivity index (χ3n) is 15.8. The molecule has 0 aliphatic heterocycles. The predicted octanol–water partition coefficient (Wildman–Crippen LogP) is -18.1. The molecule has 0 saturated heterocycles. The molecule has 1 aromatic heterocycles. The van der Waals surface area contributed by atoms with Crippen molar-refractivity contribution >= 4 is 291 Å². The molecule has 0 bridgehead atoms. The highest BCUT2D eigenvalue weighted by Gasteiger charge is 2.30. The van der Waals surface area contributed by atoms with E-state index in [0.717, 1.165) is 11.2 Å². The van der Waals surface area contributed by atoms with Gasteiger partial charge in [0.05, 0.1) is 0 Å². The molecule has 258 valence electrons. The largest absolute Gasteiger partial charge is 0.457 e. The minimum absolute atomic E-state index is 1.03. The maximum absolute atomic E-state index is 7.17. The van der Waals surface area contributed by atoms with E-state index in [1.807, 2.05) is 0 Å². The van der Waals surface area contributed by atoms with Gasteiger partial charge in [0, 0.05) is 10.8 Å². The molecule has 0 unspecified atom stereocenters. The molecule has 0 amide bonds. The van der Waals surface area contributed by atoms with Crippen LogP contribution in [0.4, 0.5) is 0 Å². The van der Waals surface area contributed by atoms with Gasteiger partial charge in [0.2, 0.25) is 0 Å². The van der Waals surface area contributed by atoms with Crippen molar-refractivity contribution in [2.24, 2.45) is 0 Å². The quantitative estimate of drug-likeness (QED) is 0.128. The van der Waals surface area contributed by atoms with Crippen LogP contribution in [-0.4, -0.2) is 133 Å². The minimum Gasteiger partial charge on any atom is -0.457 e. The number of hydrogen-bond donors (Lipinski definition) is 0. The molecular formula is C40H41B17O. The lowest BCUT2D eigenvalue weighted by molar-refractivity contribution is 0.675. The Morgan fingerprint density at radius 3 is 1.17 bits per heavy atom. The van der Waals surface area contributed by atoms with Gasteiger partial charge in [-0.25, -0.2) is 0 Å². The Kier molecular flexibility index (Phi) is 9.02. The van der Waals surface area contributed by atoms with Gasteiger partial charge < -0.3 is 4.42 Å². The van der Waals surface area contributed by atoms with Crippen molar-refractivity contribution in [3.8, 4) is 22.3 Å². The molecular weight excluding hydrogens is 680 g/mol. The standard InChI is InChI=1S/C40H41B17O/c41-22-17(30(49)38(57)40-21(22)20-23(42)18-19(31(50)39(20)58-40)29(48)37(56)36(55)28(18)47)12-15-13(24(43)32(51)34(53)26(15)45)11(10-7-3-5-8-4-1-2-6-9(8)10)14-16(12)27(46)35(54)33(52)25(14)44/h1-7H,41-57H2. The summed E-state index contributed by atoms with van der Waals surface area (Å²) in [5.74, 6) is 0. The first-order valence-corrected chi connectivity index (χ1v) is 21.2. The van der Waals surface area contributed by atoms with E-state index >= 15 is 0 Å². The molecule has 0 spiro atoms. The van der Waals surface area contributed by atoms with Crippen molar-refractivity contribution in [3.05, 3.63) is 42.5 Å². The summed E-state index contributed by atoms with van der Waals surface area (Å²) in [7, 11) is 39.7. The third-order valence-corrected chi connectivity index (χ3v) is 15.8. The molecule has 0 atom stereocenters. The summed E-state index contributed by atoms with van der Waals surface area (Å²) in [6, 6.07) is 15.8. The topological polar surface area (TPSA) is 13.1 Å². The minimum atomic E-state index is 1.03. The number of fused-ring (bicyclic) bond motifs is 7. The fourth-order valence-electron chi connectivity index (χ4n) is 11.4. The highest BCUT2D eigenvalue weighted by molar-refractivity contribution is 6.74. The fourth-order valence-corrected chi connectivity index (χ4v) is 11.4. The third kappa shape index (κ3) is 4.90. The fraction of sp³-hybridized carbons (Fsp3) is 0. The van der Waals surface area contributed by atoms with Gasteiger partial charge in [-0.15, -0.1) is 32.8 Å². The van der Waals surface area contributed by atoms with E-state index in [0.29, 0.717) is 0 Å². The van der Waals surface area contributed by atoms with Crippen LogP contribution in [0.25, 0.3) is 87.3 Å². The Balaban J connectivity index is 1.61. The summed E-state index contributed by atoms with van der Waals surface area (Å²) in [6.07, 6.45) is 0. The Morgan fingerprint density at radius 1 is 0.259 bits per heavy atom. The zero-order valence-electron chi connectivity index (χ0n) is 37.9. The Bertz CT molecular complexity index is 3340.